The van der Waals surface area contributed by atoms with Gasteiger partial charge < -0.3 is 20.9 Å². The van der Waals surface area contributed by atoms with E-state index in [4.69, 9.17) is 10.5 Å². The van der Waals surface area contributed by atoms with Crippen LogP contribution < -0.4 is 15.8 Å². The summed E-state index contributed by atoms with van der Waals surface area (Å²) in [5.74, 6) is 0.335. The second kappa shape index (κ2) is 7.61. The third-order valence-electron chi connectivity index (χ3n) is 3.47. The maximum Gasteiger partial charge on any atom is 0.235 e. The van der Waals surface area contributed by atoms with Crippen LogP contribution in [0.5, 0.6) is 5.75 Å². The molecule has 0 aliphatic carbocycles. The summed E-state index contributed by atoms with van der Waals surface area (Å²) in [4.78, 5) is 11.5. The standard InChI is InChI=1S/C17H28N2O3/c1-11-6-7-14(12(2)8-11)22-10-13(20)9-19-15(16(18)21)17(3,4)5/h6-8,13,15,19-20H,9-10H2,1-5H3,(H2,18,21)/t13?,15-/m1/s1. The Morgan fingerprint density at radius 3 is 2.50 bits per heavy atom. The maximum absolute atomic E-state index is 11.5. The van der Waals surface area contributed by atoms with Gasteiger partial charge in [0.15, 0.2) is 0 Å². The lowest BCUT2D eigenvalue weighted by Gasteiger charge is -2.29. The van der Waals surface area contributed by atoms with Gasteiger partial charge in [0.05, 0.1) is 6.04 Å². The quantitative estimate of drug-likeness (QED) is 0.713. The van der Waals surface area contributed by atoms with Crippen LogP contribution in [0.15, 0.2) is 18.2 Å². The van der Waals surface area contributed by atoms with Gasteiger partial charge in [-0.1, -0.05) is 38.5 Å². The van der Waals surface area contributed by atoms with Gasteiger partial charge in [0, 0.05) is 6.54 Å². The highest BCUT2D eigenvalue weighted by molar-refractivity contribution is 5.80. The number of aliphatic hydroxyl groups is 1. The third-order valence-corrected chi connectivity index (χ3v) is 3.47. The minimum absolute atomic E-state index is 0.159. The summed E-state index contributed by atoms with van der Waals surface area (Å²) >= 11 is 0. The van der Waals surface area contributed by atoms with E-state index < -0.39 is 18.1 Å². The average molecular weight is 308 g/mol. The molecule has 0 saturated heterocycles. The maximum atomic E-state index is 11.5. The van der Waals surface area contributed by atoms with Gasteiger partial charge in [-0.2, -0.15) is 0 Å². The lowest BCUT2D eigenvalue weighted by Crippen LogP contribution is -2.52. The fourth-order valence-electron chi connectivity index (χ4n) is 2.29. The Bertz CT molecular complexity index is 509. The molecule has 0 fully saturated rings. The van der Waals surface area contributed by atoms with E-state index in [0.717, 1.165) is 11.3 Å². The van der Waals surface area contributed by atoms with Crippen molar-refractivity contribution >= 4 is 5.91 Å². The zero-order valence-electron chi connectivity index (χ0n) is 14.1. The molecule has 124 valence electrons. The van der Waals surface area contributed by atoms with Crippen LogP contribution in [-0.4, -0.2) is 36.3 Å². The van der Waals surface area contributed by atoms with Gasteiger partial charge in [-0.3, -0.25) is 4.79 Å². The molecule has 22 heavy (non-hydrogen) atoms. The molecular formula is C17H28N2O3. The highest BCUT2D eigenvalue weighted by atomic mass is 16.5. The zero-order chi connectivity index (χ0) is 16.9. The fourth-order valence-corrected chi connectivity index (χ4v) is 2.29. The van der Waals surface area contributed by atoms with E-state index in [1.807, 2.05) is 52.8 Å². The van der Waals surface area contributed by atoms with Crippen molar-refractivity contribution in [3.05, 3.63) is 29.3 Å². The van der Waals surface area contributed by atoms with Crippen molar-refractivity contribution in [1.29, 1.82) is 0 Å². The summed E-state index contributed by atoms with van der Waals surface area (Å²) in [6, 6.07) is 5.40. The van der Waals surface area contributed by atoms with Crippen molar-refractivity contribution in [2.45, 2.75) is 46.8 Å². The van der Waals surface area contributed by atoms with Crippen LogP contribution in [0.25, 0.3) is 0 Å². The topological polar surface area (TPSA) is 84.6 Å². The Hall–Kier alpha value is -1.59. The number of carbonyl (C=O) groups is 1. The Morgan fingerprint density at radius 2 is 2.00 bits per heavy atom. The highest BCUT2D eigenvalue weighted by Gasteiger charge is 2.29. The molecule has 5 heteroatoms. The molecule has 0 aliphatic rings. The van der Waals surface area contributed by atoms with Crippen molar-refractivity contribution < 1.29 is 14.6 Å². The van der Waals surface area contributed by atoms with Crippen LogP contribution in [0.1, 0.15) is 31.9 Å². The Morgan fingerprint density at radius 1 is 1.36 bits per heavy atom. The predicted octanol–water partition coefficient (Wildman–Crippen LogP) is 1.53. The van der Waals surface area contributed by atoms with E-state index in [1.54, 1.807) is 0 Å². The molecule has 1 unspecified atom stereocenters. The normalized spacial score (nSPS) is 14.5. The number of hydrogen-bond donors (Lipinski definition) is 3. The summed E-state index contributed by atoms with van der Waals surface area (Å²) < 4.78 is 5.63. The molecule has 0 saturated carbocycles. The van der Waals surface area contributed by atoms with Crippen molar-refractivity contribution in [3.8, 4) is 5.75 Å². The monoisotopic (exact) mass is 308 g/mol. The first-order chi connectivity index (χ1) is 10.1. The van der Waals surface area contributed by atoms with Crippen LogP contribution in [0.3, 0.4) is 0 Å². The van der Waals surface area contributed by atoms with Gasteiger partial charge in [-0.05, 0) is 30.9 Å². The zero-order valence-corrected chi connectivity index (χ0v) is 14.1. The predicted molar refractivity (Wildman–Crippen MR) is 87.9 cm³/mol. The van der Waals surface area contributed by atoms with E-state index in [2.05, 4.69) is 5.32 Å². The minimum Gasteiger partial charge on any atom is -0.491 e. The summed E-state index contributed by atoms with van der Waals surface area (Å²) in [5, 5.41) is 13.0. The van der Waals surface area contributed by atoms with E-state index in [0.29, 0.717) is 0 Å². The fraction of sp³-hybridized carbons (Fsp3) is 0.588. The lowest BCUT2D eigenvalue weighted by atomic mass is 9.86. The molecule has 0 aliphatic heterocycles. The van der Waals surface area contributed by atoms with Crippen molar-refractivity contribution in [2.24, 2.45) is 11.1 Å². The number of primary amides is 1. The number of nitrogens with two attached hydrogens (primary N) is 1. The Balaban J connectivity index is 2.49. The smallest absolute Gasteiger partial charge is 0.235 e. The number of ether oxygens (including phenoxy) is 1. The second-order valence-corrected chi connectivity index (χ2v) is 6.84. The molecule has 0 aromatic heterocycles. The van der Waals surface area contributed by atoms with Gasteiger partial charge in [0.25, 0.3) is 0 Å². The molecular weight excluding hydrogens is 280 g/mol. The van der Waals surface area contributed by atoms with E-state index >= 15 is 0 Å². The molecule has 0 bridgehead atoms. The van der Waals surface area contributed by atoms with Gasteiger partial charge in [-0.25, -0.2) is 0 Å². The summed E-state index contributed by atoms with van der Waals surface area (Å²) in [7, 11) is 0. The second-order valence-electron chi connectivity index (χ2n) is 6.84. The lowest BCUT2D eigenvalue weighted by molar-refractivity contribution is -0.122. The first kappa shape index (κ1) is 18.5. The van der Waals surface area contributed by atoms with Crippen LogP contribution in [0, 0.1) is 19.3 Å². The minimum atomic E-state index is -0.718. The van der Waals surface area contributed by atoms with Crippen LogP contribution in [0.2, 0.25) is 0 Å². The number of aliphatic hydroxyl groups excluding tert-OH is 1. The van der Waals surface area contributed by atoms with Gasteiger partial charge in [0.1, 0.15) is 18.5 Å². The van der Waals surface area contributed by atoms with E-state index in [-0.39, 0.29) is 18.6 Å². The van der Waals surface area contributed by atoms with Crippen molar-refractivity contribution in [2.75, 3.05) is 13.2 Å². The number of benzene rings is 1. The Labute approximate surface area is 132 Å². The number of hydrogen-bond acceptors (Lipinski definition) is 4. The molecule has 0 radical (unpaired) electrons. The number of nitrogens with one attached hydrogen (secondary N) is 1. The molecule has 1 aromatic rings. The SMILES string of the molecule is Cc1ccc(OCC(O)CN[C@H](C(N)=O)C(C)(C)C)c(C)c1. The molecule has 4 N–H and O–H groups in total. The van der Waals surface area contributed by atoms with E-state index in [9.17, 15) is 9.90 Å². The third kappa shape index (κ3) is 5.66. The molecule has 1 rings (SSSR count). The van der Waals surface area contributed by atoms with Crippen molar-refractivity contribution in [1.82, 2.24) is 5.32 Å². The summed E-state index contributed by atoms with van der Waals surface area (Å²) in [6.45, 7) is 10.2. The van der Waals surface area contributed by atoms with Crippen LogP contribution >= 0.6 is 0 Å². The molecule has 1 amide bonds. The van der Waals surface area contributed by atoms with Gasteiger partial charge in [-0.15, -0.1) is 0 Å². The number of aryl methyl sites for hydroxylation is 2. The van der Waals surface area contributed by atoms with Gasteiger partial charge in [0.2, 0.25) is 5.91 Å². The molecule has 5 nitrogen and oxygen atoms in total. The largest absolute Gasteiger partial charge is 0.491 e. The average Bonchev–Trinajstić information content (AvgIpc) is 2.35. The van der Waals surface area contributed by atoms with Crippen molar-refractivity contribution in [3.63, 3.8) is 0 Å². The number of amides is 1. The summed E-state index contributed by atoms with van der Waals surface area (Å²) in [6.07, 6.45) is -0.718. The number of rotatable bonds is 7. The highest BCUT2D eigenvalue weighted by Crippen LogP contribution is 2.20. The van der Waals surface area contributed by atoms with Crippen LogP contribution in [-0.2, 0) is 4.79 Å². The van der Waals surface area contributed by atoms with Crippen LogP contribution in [0.4, 0.5) is 0 Å². The molecule has 2 atom stereocenters. The molecule has 0 spiro atoms. The molecule has 0 heterocycles. The first-order valence-electron chi connectivity index (χ1n) is 7.52. The molecule has 1 aromatic carbocycles. The van der Waals surface area contributed by atoms with E-state index in [1.165, 1.54) is 5.56 Å². The van der Waals surface area contributed by atoms with Gasteiger partial charge >= 0.3 is 0 Å². The number of carbonyl (C=O) groups excluding carboxylic acids is 1. The summed E-state index contributed by atoms with van der Waals surface area (Å²) in [5.41, 5.74) is 7.29. The first-order valence-corrected chi connectivity index (χ1v) is 7.52. The Kier molecular flexibility index (Phi) is 6.38.